The fourth-order valence-electron chi connectivity index (χ4n) is 3.08. The van der Waals surface area contributed by atoms with E-state index in [9.17, 15) is 17.6 Å². The Labute approximate surface area is 172 Å². The third-order valence-electron chi connectivity index (χ3n) is 4.73. The van der Waals surface area contributed by atoms with Crippen molar-refractivity contribution in [3.63, 3.8) is 0 Å². The molecule has 1 unspecified atom stereocenters. The fraction of sp³-hybridized carbons (Fsp3) is 0.389. The molecule has 1 fully saturated rings. The maximum Gasteiger partial charge on any atom is 0.250 e. The number of amides is 1. The van der Waals surface area contributed by atoms with Gasteiger partial charge >= 0.3 is 0 Å². The summed E-state index contributed by atoms with van der Waals surface area (Å²) < 4.78 is 40.9. The molecule has 0 spiro atoms. The van der Waals surface area contributed by atoms with Gasteiger partial charge in [0.15, 0.2) is 0 Å². The fourth-order valence-corrected chi connectivity index (χ4v) is 5.58. The van der Waals surface area contributed by atoms with Gasteiger partial charge in [-0.15, -0.1) is 11.3 Å². The van der Waals surface area contributed by atoms with E-state index < -0.39 is 21.9 Å². The van der Waals surface area contributed by atoms with Crippen molar-refractivity contribution in [2.24, 2.45) is 0 Å². The lowest BCUT2D eigenvalue weighted by Crippen LogP contribution is -2.50. The Bertz CT molecular complexity index is 930. The van der Waals surface area contributed by atoms with E-state index in [1.54, 1.807) is 24.4 Å². The zero-order chi connectivity index (χ0) is 20.3. The third kappa shape index (κ3) is 5.09. The Kier molecular flexibility index (Phi) is 6.72. The number of benzene rings is 1. The first kappa shape index (κ1) is 21.2. The van der Waals surface area contributed by atoms with Crippen molar-refractivity contribution in [2.75, 3.05) is 18.4 Å². The average Bonchev–Trinajstić information content (AvgIpc) is 3.20. The van der Waals surface area contributed by atoms with Gasteiger partial charge in [-0.05, 0) is 49.4 Å². The maximum absolute atomic E-state index is 13.2. The summed E-state index contributed by atoms with van der Waals surface area (Å²) >= 11 is 6.92. The van der Waals surface area contributed by atoms with Gasteiger partial charge in [0.05, 0.1) is 11.1 Å². The molecule has 0 bridgehead atoms. The number of nitrogens with one attached hydrogen (secondary N) is 2. The van der Waals surface area contributed by atoms with Crippen molar-refractivity contribution >= 4 is 44.6 Å². The minimum absolute atomic E-state index is 0.0516. The molecule has 0 saturated carbocycles. The molecule has 0 aliphatic carbocycles. The van der Waals surface area contributed by atoms with Crippen LogP contribution in [0.2, 0.25) is 5.02 Å². The minimum atomic E-state index is -3.49. The van der Waals surface area contributed by atoms with Gasteiger partial charge in [-0.2, -0.15) is 0 Å². The van der Waals surface area contributed by atoms with Crippen LogP contribution in [0.4, 0.5) is 10.1 Å². The number of likely N-dealkylation sites (tertiary alicyclic amines) is 1. The highest BCUT2D eigenvalue weighted by Gasteiger charge is 2.29. The zero-order valence-corrected chi connectivity index (χ0v) is 17.6. The molecule has 2 aromatic rings. The van der Waals surface area contributed by atoms with Crippen molar-refractivity contribution in [1.29, 1.82) is 0 Å². The molecule has 6 nitrogen and oxygen atoms in total. The Hall–Kier alpha value is -1.52. The normalized spacial score (nSPS) is 17.4. The van der Waals surface area contributed by atoms with E-state index in [1.807, 2.05) is 4.90 Å². The second-order valence-electron chi connectivity index (χ2n) is 6.66. The second kappa shape index (κ2) is 8.87. The molecule has 0 radical (unpaired) electrons. The molecular formula is C18H21ClFN3O3S2. The first-order valence-electron chi connectivity index (χ1n) is 8.82. The highest BCUT2D eigenvalue weighted by Crippen LogP contribution is 2.22. The van der Waals surface area contributed by atoms with Crippen LogP contribution in [0.1, 0.15) is 19.8 Å². The zero-order valence-electron chi connectivity index (χ0n) is 15.2. The standard InChI is InChI=1S/C18H21ClFN3O3S2/c1-12(18(24)21-14-4-5-16(20)15(19)11-14)23-8-6-13(7-9-23)22-28(25,26)17-3-2-10-27-17/h2-5,10-13,22H,6-9H2,1H3,(H,21,24). The van der Waals surface area contributed by atoms with Gasteiger partial charge in [0.1, 0.15) is 10.0 Å². The molecule has 10 heteroatoms. The number of thiophene rings is 1. The Morgan fingerprint density at radius 2 is 2.04 bits per heavy atom. The molecule has 1 aromatic heterocycles. The Morgan fingerprint density at radius 1 is 1.32 bits per heavy atom. The average molecular weight is 446 g/mol. The summed E-state index contributed by atoms with van der Waals surface area (Å²) in [5.41, 5.74) is 0.432. The predicted octanol–water partition coefficient (Wildman–Crippen LogP) is 3.31. The van der Waals surface area contributed by atoms with Crippen molar-refractivity contribution in [3.8, 4) is 0 Å². The summed E-state index contributed by atoms with van der Waals surface area (Å²) in [6.45, 7) is 2.98. The smallest absolute Gasteiger partial charge is 0.250 e. The quantitative estimate of drug-likeness (QED) is 0.715. The number of piperidine rings is 1. The number of anilines is 1. The Morgan fingerprint density at radius 3 is 2.64 bits per heavy atom. The molecule has 1 aliphatic heterocycles. The summed E-state index contributed by atoms with van der Waals surface area (Å²) in [4.78, 5) is 14.5. The van der Waals surface area contributed by atoms with E-state index in [0.717, 1.165) is 0 Å². The van der Waals surface area contributed by atoms with Crippen LogP contribution in [0.5, 0.6) is 0 Å². The van der Waals surface area contributed by atoms with Crippen LogP contribution in [0, 0.1) is 5.82 Å². The first-order chi connectivity index (χ1) is 13.3. The molecule has 152 valence electrons. The van der Waals surface area contributed by atoms with E-state index in [0.29, 0.717) is 35.8 Å². The molecule has 1 amide bonds. The van der Waals surface area contributed by atoms with Crippen LogP contribution in [0.25, 0.3) is 0 Å². The van der Waals surface area contributed by atoms with Gasteiger partial charge in [-0.3, -0.25) is 9.69 Å². The number of hydrogen-bond donors (Lipinski definition) is 2. The number of halogens is 2. The molecule has 2 N–H and O–H groups in total. The van der Waals surface area contributed by atoms with Crippen LogP contribution in [-0.4, -0.2) is 44.4 Å². The number of rotatable bonds is 6. The largest absolute Gasteiger partial charge is 0.325 e. The molecule has 3 rings (SSSR count). The van der Waals surface area contributed by atoms with E-state index in [1.165, 1.54) is 29.5 Å². The summed E-state index contributed by atoms with van der Waals surface area (Å²) in [6.07, 6.45) is 1.23. The van der Waals surface area contributed by atoms with E-state index in [4.69, 9.17) is 11.6 Å². The van der Waals surface area contributed by atoms with E-state index in [-0.39, 0.29) is 17.0 Å². The number of carbonyl (C=O) groups is 1. The van der Waals surface area contributed by atoms with Crippen LogP contribution in [0.15, 0.2) is 39.9 Å². The van der Waals surface area contributed by atoms with Gasteiger partial charge in [0.25, 0.3) is 0 Å². The van der Waals surface area contributed by atoms with Crippen LogP contribution in [-0.2, 0) is 14.8 Å². The molecule has 1 atom stereocenters. The topological polar surface area (TPSA) is 78.5 Å². The molecule has 1 saturated heterocycles. The highest BCUT2D eigenvalue weighted by atomic mass is 35.5. The van der Waals surface area contributed by atoms with Crippen molar-refractivity contribution in [2.45, 2.75) is 36.1 Å². The van der Waals surface area contributed by atoms with Gasteiger partial charge in [0.2, 0.25) is 15.9 Å². The van der Waals surface area contributed by atoms with E-state index in [2.05, 4.69) is 10.0 Å². The van der Waals surface area contributed by atoms with Gasteiger partial charge in [-0.1, -0.05) is 17.7 Å². The van der Waals surface area contributed by atoms with Gasteiger partial charge < -0.3 is 5.32 Å². The summed E-state index contributed by atoms with van der Waals surface area (Å²) in [6, 6.07) is 6.75. The lowest BCUT2D eigenvalue weighted by atomic mass is 10.0. The maximum atomic E-state index is 13.2. The highest BCUT2D eigenvalue weighted by molar-refractivity contribution is 7.91. The molecule has 2 heterocycles. The van der Waals surface area contributed by atoms with Gasteiger partial charge in [-0.25, -0.2) is 17.5 Å². The predicted molar refractivity (Wildman–Crippen MR) is 109 cm³/mol. The summed E-state index contributed by atoms with van der Waals surface area (Å²) in [7, 11) is -3.49. The monoisotopic (exact) mass is 445 g/mol. The Balaban J connectivity index is 1.52. The van der Waals surface area contributed by atoms with E-state index >= 15 is 0 Å². The molecular weight excluding hydrogens is 425 g/mol. The number of nitrogens with zero attached hydrogens (tertiary/aromatic N) is 1. The SMILES string of the molecule is CC(C(=O)Nc1ccc(F)c(Cl)c1)N1CCC(NS(=O)(=O)c2cccs2)CC1. The molecule has 1 aliphatic rings. The summed E-state index contributed by atoms with van der Waals surface area (Å²) in [5.74, 6) is -0.764. The van der Waals surface area contributed by atoms with Gasteiger partial charge in [0, 0.05) is 24.8 Å². The minimum Gasteiger partial charge on any atom is -0.325 e. The molecule has 28 heavy (non-hydrogen) atoms. The van der Waals surface area contributed by atoms with Crippen molar-refractivity contribution in [1.82, 2.24) is 9.62 Å². The summed E-state index contributed by atoms with van der Waals surface area (Å²) in [5, 5.41) is 4.41. The third-order valence-corrected chi connectivity index (χ3v) is 7.93. The van der Waals surface area contributed by atoms with Crippen molar-refractivity contribution in [3.05, 3.63) is 46.6 Å². The van der Waals surface area contributed by atoms with Crippen LogP contribution in [0.3, 0.4) is 0 Å². The number of sulfonamides is 1. The second-order valence-corrected chi connectivity index (χ2v) is 9.95. The number of hydrogen-bond acceptors (Lipinski definition) is 5. The number of carbonyl (C=O) groups excluding carboxylic acids is 1. The lowest BCUT2D eigenvalue weighted by Gasteiger charge is -2.35. The van der Waals surface area contributed by atoms with Crippen LogP contribution >= 0.6 is 22.9 Å². The molecule has 1 aromatic carbocycles. The lowest BCUT2D eigenvalue weighted by molar-refractivity contribution is -0.121. The van der Waals surface area contributed by atoms with Crippen LogP contribution < -0.4 is 10.0 Å². The van der Waals surface area contributed by atoms with Crippen molar-refractivity contribution < 1.29 is 17.6 Å². The first-order valence-corrected chi connectivity index (χ1v) is 11.6.